The van der Waals surface area contributed by atoms with Crippen LogP contribution >= 0.6 is 0 Å². The highest BCUT2D eigenvalue weighted by Gasteiger charge is 2.20. The summed E-state index contributed by atoms with van der Waals surface area (Å²) in [5, 5.41) is 13.0. The Hall–Kier alpha value is -0.700. The molecule has 0 aromatic carbocycles. The molecule has 25 heavy (non-hydrogen) atoms. The molecule has 1 aliphatic heterocycles. The van der Waals surface area contributed by atoms with Crippen LogP contribution in [0.4, 0.5) is 0 Å². The van der Waals surface area contributed by atoms with Gasteiger partial charge in [0.1, 0.15) is 12.4 Å². The topological polar surface area (TPSA) is 35.5 Å². The van der Waals surface area contributed by atoms with E-state index < -0.39 is 6.23 Å². The molecule has 2 N–H and O–H groups in total. The fourth-order valence-corrected chi connectivity index (χ4v) is 3.76. The van der Waals surface area contributed by atoms with Crippen LogP contribution in [-0.4, -0.2) is 22.4 Å². The van der Waals surface area contributed by atoms with Crippen molar-refractivity contribution in [1.29, 1.82) is 0 Å². The van der Waals surface area contributed by atoms with E-state index in [0.717, 1.165) is 6.42 Å². The quantitative estimate of drug-likeness (QED) is 0.302. The third-order valence-electron chi connectivity index (χ3n) is 5.41. The van der Waals surface area contributed by atoms with Crippen LogP contribution in [0.3, 0.4) is 0 Å². The largest absolute Gasteiger partial charge is 0.374 e. The summed E-state index contributed by atoms with van der Waals surface area (Å²) < 4.78 is 0. The van der Waals surface area contributed by atoms with Gasteiger partial charge in [0.2, 0.25) is 0 Å². The van der Waals surface area contributed by atoms with Gasteiger partial charge < -0.3 is 15.3 Å². The summed E-state index contributed by atoms with van der Waals surface area (Å²) in [7, 11) is 0. The molecular weight excluding hydrogens is 308 g/mol. The van der Waals surface area contributed by atoms with E-state index >= 15 is 0 Å². The van der Waals surface area contributed by atoms with E-state index in [0.29, 0.717) is 6.17 Å². The van der Waals surface area contributed by atoms with Gasteiger partial charge in [-0.05, 0) is 19.8 Å². The molecule has 1 aliphatic rings. The van der Waals surface area contributed by atoms with E-state index in [2.05, 4.69) is 12.2 Å². The van der Waals surface area contributed by atoms with Crippen molar-refractivity contribution in [3.8, 4) is 0 Å². The smallest absolute Gasteiger partial charge is 0.125 e. The lowest BCUT2D eigenvalue weighted by Crippen LogP contribution is -2.40. The molecule has 0 aliphatic carbocycles. The maximum atomic E-state index is 9.68. The molecule has 0 radical (unpaired) electrons. The second kappa shape index (κ2) is 15.5. The van der Waals surface area contributed by atoms with Crippen LogP contribution in [0.5, 0.6) is 0 Å². The van der Waals surface area contributed by atoms with E-state index in [9.17, 15) is 5.11 Å². The fourth-order valence-electron chi connectivity index (χ4n) is 3.76. The molecule has 0 fully saturated rings. The van der Waals surface area contributed by atoms with Crippen LogP contribution in [0.15, 0.2) is 12.4 Å². The summed E-state index contributed by atoms with van der Waals surface area (Å²) in [6.45, 7) is 4.12. The maximum Gasteiger partial charge on any atom is 0.125 e. The third-order valence-corrected chi connectivity index (χ3v) is 5.41. The predicted octanol–water partition coefficient (Wildman–Crippen LogP) is 6.29. The van der Waals surface area contributed by atoms with Crippen LogP contribution in [-0.2, 0) is 0 Å². The van der Waals surface area contributed by atoms with E-state index in [-0.39, 0.29) is 0 Å². The van der Waals surface area contributed by atoms with E-state index in [1.165, 1.54) is 96.3 Å². The average Bonchev–Trinajstić information content (AvgIpc) is 3.07. The van der Waals surface area contributed by atoms with Gasteiger partial charge in [-0.3, -0.25) is 0 Å². The molecule has 2 atom stereocenters. The first kappa shape index (κ1) is 22.3. The van der Waals surface area contributed by atoms with Gasteiger partial charge in [-0.15, -0.1) is 0 Å². The molecule has 0 saturated heterocycles. The number of rotatable bonds is 17. The minimum atomic E-state index is -0.396. The van der Waals surface area contributed by atoms with E-state index in [1.807, 2.05) is 24.2 Å². The molecular formula is C22H44N2O. The van der Waals surface area contributed by atoms with Crippen LogP contribution < -0.4 is 5.32 Å². The van der Waals surface area contributed by atoms with Crippen molar-refractivity contribution in [2.75, 3.05) is 0 Å². The molecule has 1 rings (SSSR count). The molecule has 0 aromatic heterocycles. The Morgan fingerprint density at radius 1 is 0.800 bits per heavy atom. The minimum absolute atomic E-state index is 0.293. The highest BCUT2D eigenvalue weighted by atomic mass is 16.3. The summed E-state index contributed by atoms with van der Waals surface area (Å²) in [6.07, 6.45) is 26.0. The molecule has 2 unspecified atom stereocenters. The van der Waals surface area contributed by atoms with Gasteiger partial charge in [-0.25, -0.2) is 0 Å². The van der Waals surface area contributed by atoms with E-state index in [4.69, 9.17) is 0 Å². The van der Waals surface area contributed by atoms with Crippen molar-refractivity contribution >= 4 is 0 Å². The Balaban J connectivity index is 1.76. The van der Waals surface area contributed by atoms with Gasteiger partial charge >= 0.3 is 0 Å². The first-order valence-corrected chi connectivity index (χ1v) is 11.1. The Kier molecular flexibility index (Phi) is 13.9. The number of nitrogens with zero attached hydrogens (tertiary/aromatic N) is 1. The zero-order chi connectivity index (χ0) is 18.2. The van der Waals surface area contributed by atoms with Crippen molar-refractivity contribution in [1.82, 2.24) is 10.2 Å². The highest BCUT2D eigenvalue weighted by molar-refractivity contribution is 4.94. The monoisotopic (exact) mass is 352 g/mol. The number of hydrogen-bond donors (Lipinski definition) is 2. The lowest BCUT2D eigenvalue weighted by Gasteiger charge is -2.28. The van der Waals surface area contributed by atoms with Crippen LogP contribution in [0.2, 0.25) is 0 Å². The molecule has 3 nitrogen and oxygen atoms in total. The average molecular weight is 353 g/mol. The lowest BCUT2D eigenvalue weighted by molar-refractivity contribution is 0.0254. The second-order valence-corrected chi connectivity index (χ2v) is 7.82. The molecule has 1 heterocycles. The summed E-state index contributed by atoms with van der Waals surface area (Å²) in [4.78, 5) is 2.00. The highest BCUT2D eigenvalue weighted by Crippen LogP contribution is 2.17. The predicted molar refractivity (Wildman–Crippen MR) is 109 cm³/mol. The molecule has 148 valence electrons. The number of nitrogens with one attached hydrogen (secondary N) is 1. The molecule has 0 amide bonds. The number of unbranched alkanes of at least 4 members (excludes halogenated alkanes) is 14. The maximum absolute atomic E-state index is 9.68. The van der Waals surface area contributed by atoms with Gasteiger partial charge in [0.15, 0.2) is 0 Å². The molecule has 0 aromatic rings. The van der Waals surface area contributed by atoms with Gasteiger partial charge in [0.25, 0.3) is 0 Å². The fraction of sp³-hybridized carbons (Fsp3) is 0.909. The first-order chi connectivity index (χ1) is 12.3. The summed E-state index contributed by atoms with van der Waals surface area (Å²) in [5.74, 6) is 0. The van der Waals surface area contributed by atoms with E-state index in [1.54, 1.807) is 0 Å². The molecule has 0 bridgehead atoms. The Bertz CT molecular complexity index is 317. The van der Waals surface area contributed by atoms with Crippen molar-refractivity contribution in [3.05, 3.63) is 12.4 Å². The second-order valence-electron chi connectivity index (χ2n) is 7.82. The van der Waals surface area contributed by atoms with Gasteiger partial charge in [0.05, 0.1) is 0 Å². The zero-order valence-electron chi connectivity index (χ0n) is 17.0. The SMILES string of the molecule is CCCCCCCCCCCCCCCCCC1NC=CN1C(C)O. The minimum Gasteiger partial charge on any atom is -0.374 e. The van der Waals surface area contributed by atoms with Crippen molar-refractivity contribution in [2.45, 2.75) is 129 Å². The summed E-state index contributed by atoms with van der Waals surface area (Å²) in [6, 6.07) is 0. The molecule has 0 saturated carbocycles. The van der Waals surface area contributed by atoms with Crippen LogP contribution in [0, 0.1) is 0 Å². The number of aliphatic hydroxyl groups is 1. The Morgan fingerprint density at radius 2 is 1.24 bits per heavy atom. The van der Waals surface area contributed by atoms with Gasteiger partial charge in [0, 0.05) is 12.4 Å². The third kappa shape index (κ3) is 11.5. The Labute approximate surface area is 157 Å². The summed E-state index contributed by atoms with van der Waals surface area (Å²) >= 11 is 0. The standard InChI is InChI=1S/C22H44N2O/c1-3-4-5-6-7-8-9-10-11-12-13-14-15-16-17-18-22-23-19-20-24(22)21(2)25/h19-23,25H,3-18H2,1-2H3. The molecule has 3 heteroatoms. The van der Waals surface area contributed by atoms with Crippen LogP contribution in [0.1, 0.15) is 117 Å². The van der Waals surface area contributed by atoms with Gasteiger partial charge in [-0.1, -0.05) is 96.8 Å². The molecule has 0 spiro atoms. The van der Waals surface area contributed by atoms with Crippen molar-refractivity contribution < 1.29 is 5.11 Å². The Morgan fingerprint density at radius 3 is 1.68 bits per heavy atom. The van der Waals surface area contributed by atoms with Crippen LogP contribution in [0.25, 0.3) is 0 Å². The normalized spacial score (nSPS) is 17.9. The van der Waals surface area contributed by atoms with Crippen molar-refractivity contribution in [3.63, 3.8) is 0 Å². The van der Waals surface area contributed by atoms with Crippen molar-refractivity contribution in [2.24, 2.45) is 0 Å². The number of aliphatic hydroxyl groups excluding tert-OH is 1. The first-order valence-electron chi connectivity index (χ1n) is 11.1. The lowest BCUT2D eigenvalue weighted by atomic mass is 10.0. The number of hydrogen-bond acceptors (Lipinski definition) is 3. The summed E-state index contributed by atoms with van der Waals surface area (Å²) in [5.41, 5.74) is 0. The zero-order valence-corrected chi connectivity index (χ0v) is 17.0. The van der Waals surface area contributed by atoms with Gasteiger partial charge in [-0.2, -0.15) is 0 Å².